The summed E-state index contributed by atoms with van der Waals surface area (Å²) < 4.78 is 0. The van der Waals surface area contributed by atoms with Crippen LogP contribution in [0.4, 0.5) is 4.79 Å². The minimum atomic E-state index is -1.23. The van der Waals surface area contributed by atoms with Crippen LogP contribution >= 0.6 is 0 Å². The molecule has 96 valence electrons. The third kappa shape index (κ3) is 3.48. The van der Waals surface area contributed by atoms with Crippen molar-refractivity contribution >= 4 is 23.8 Å². The summed E-state index contributed by atoms with van der Waals surface area (Å²) in [7, 11) is 0. The molecule has 1 aliphatic heterocycles. The minimum Gasteiger partial charge on any atom is -0.480 e. The number of piperazine rings is 1. The second kappa shape index (κ2) is 5.67. The molecule has 8 nitrogen and oxygen atoms in total. The number of imide groups is 1. The Morgan fingerprint density at radius 1 is 1.39 bits per heavy atom. The normalized spacial score (nSPS) is 14.7. The monoisotopic (exact) mass is 253 g/mol. The summed E-state index contributed by atoms with van der Waals surface area (Å²) in [6.07, 6.45) is 5.03. The number of carbonyl (C=O) groups is 4. The largest absolute Gasteiger partial charge is 0.480 e. The highest BCUT2D eigenvalue weighted by molar-refractivity contribution is 6.02. The van der Waals surface area contributed by atoms with Gasteiger partial charge in [0.25, 0.3) is 0 Å². The van der Waals surface area contributed by atoms with E-state index < -0.39 is 30.4 Å². The van der Waals surface area contributed by atoms with Crippen LogP contribution in [-0.2, 0) is 14.4 Å². The number of rotatable bonds is 3. The molecular weight excluding hydrogens is 242 g/mol. The Morgan fingerprint density at radius 3 is 2.39 bits per heavy atom. The Labute approximate surface area is 103 Å². The number of hydrogen-bond acceptors (Lipinski definition) is 4. The number of nitrogens with one attached hydrogen (secondary N) is 1. The van der Waals surface area contributed by atoms with E-state index in [2.05, 4.69) is 5.92 Å². The van der Waals surface area contributed by atoms with Crippen molar-refractivity contribution in [3.63, 3.8) is 0 Å². The van der Waals surface area contributed by atoms with Gasteiger partial charge < -0.3 is 14.9 Å². The first-order chi connectivity index (χ1) is 8.43. The number of urea groups is 1. The Kier molecular flexibility index (Phi) is 4.26. The smallest absolute Gasteiger partial charge is 0.323 e. The number of carboxylic acids is 1. The highest BCUT2D eigenvalue weighted by Gasteiger charge is 2.29. The molecule has 1 rings (SSSR count). The van der Waals surface area contributed by atoms with Crippen LogP contribution in [0.3, 0.4) is 0 Å². The maximum absolute atomic E-state index is 11.9. The van der Waals surface area contributed by atoms with Gasteiger partial charge >= 0.3 is 12.0 Å². The average molecular weight is 253 g/mol. The fourth-order valence-corrected chi connectivity index (χ4v) is 1.44. The SMILES string of the molecule is C#CCN(CC(=O)O)C(=O)N1CC(=O)NC(=O)C1. The van der Waals surface area contributed by atoms with E-state index in [0.29, 0.717) is 0 Å². The molecule has 1 heterocycles. The van der Waals surface area contributed by atoms with Crippen molar-refractivity contribution in [1.82, 2.24) is 15.1 Å². The van der Waals surface area contributed by atoms with Crippen molar-refractivity contribution in [3.8, 4) is 12.3 Å². The van der Waals surface area contributed by atoms with Gasteiger partial charge in [-0.3, -0.25) is 19.7 Å². The molecule has 8 heteroatoms. The molecule has 0 unspecified atom stereocenters. The highest BCUT2D eigenvalue weighted by Crippen LogP contribution is 2.02. The zero-order valence-corrected chi connectivity index (χ0v) is 9.38. The molecule has 0 radical (unpaired) electrons. The maximum Gasteiger partial charge on any atom is 0.323 e. The molecule has 18 heavy (non-hydrogen) atoms. The summed E-state index contributed by atoms with van der Waals surface area (Å²) in [6.45, 7) is -1.40. The number of terminal acetylenes is 1. The van der Waals surface area contributed by atoms with Crippen molar-refractivity contribution in [1.29, 1.82) is 0 Å². The van der Waals surface area contributed by atoms with Gasteiger partial charge in [0, 0.05) is 0 Å². The predicted octanol–water partition coefficient (Wildman–Crippen LogP) is -1.92. The fourth-order valence-electron chi connectivity index (χ4n) is 1.44. The third-order valence-electron chi connectivity index (χ3n) is 2.10. The molecule has 0 saturated carbocycles. The van der Waals surface area contributed by atoms with Crippen LogP contribution in [0.15, 0.2) is 0 Å². The van der Waals surface area contributed by atoms with Crippen molar-refractivity contribution in [2.24, 2.45) is 0 Å². The quantitative estimate of drug-likeness (QED) is 0.450. The molecule has 1 saturated heterocycles. The summed E-state index contributed by atoms with van der Waals surface area (Å²) >= 11 is 0. The van der Waals surface area contributed by atoms with E-state index in [1.54, 1.807) is 0 Å². The molecular formula is C10H11N3O5. The van der Waals surface area contributed by atoms with E-state index in [-0.39, 0.29) is 19.6 Å². The van der Waals surface area contributed by atoms with E-state index in [4.69, 9.17) is 11.5 Å². The summed E-state index contributed by atoms with van der Waals surface area (Å²) in [4.78, 5) is 46.4. The number of amides is 4. The van der Waals surface area contributed by atoms with E-state index in [1.807, 2.05) is 5.32 Å². The molecule has 0 spiro atoms. The Bertz CT molecular complexity index is 423. The molecule has 0 aliphatic carbocycles. The van der Waals surface area contributed by atoms with Crippen LogP contribution in [0.1, 0.15) is 0 Å². The average Bonchev–Trinajstić information content (AvgIpc) is 2.25. The summed E-state index contributed by atoms with van der Waals surface area (Å²) in [6, 6.07) is -0.751. The van der Waals surface area contributed by atoms with Gasteiger partial charge in [0.15, 0.2) is 0 Å². The summed E-state index contributed by atoms with van der Waals surface area (Å²) in [5.41, 5.74) is 0. The van der Waals surface area contributed by atoms with E-state index in [9.17, 15) is 19.2 Å². The molecule has 0 atom stereocenters. The second-order valence-electron chi connectivity index (χ2n) is 3.56. The first-order valence-corrected chi connectivity index (χ1v) is 4.96. The van der Waals surface area contributed by atoms with Crippen LogP contribution in [0, 0.1) is 12.3 Å². The van der Waals surface area contributed by atoms with Crippen molar-refractivity contribution in [2.75, 3.05) is 26.2 Å². The maximum atomic E-state index is 11.9. The van der Waals surface area contributed by atoms with Gasteiger partial charge in [-0.1, -0.05) is 5.92 Å². The Morgan fingerprint density at radius 2 is 1.94 bits per heavy atom. The molecule has 0 aromatic heterocycles. The first-order valence-electron chi connectivity index (χ1n) is 4.96. The number of carboxylic acid groups (broad SMARTS) is 1. The Hall–Kier alpha value is -2.56. The van der Waals surface area contributed by atoms with Crippen LogP contribution in [0.5, 0.6) is 0 Å². The fraction of sp³-hybridized carbons (Fsp3) is 0.400. The summed E-state index contributed by atoms with van der Waals surface area (Å²) in [5.74, 6) is -0.315. The van der Waals surface area contributed by atoms with E-state index >= 15 is 0 Å². The van der Waals surface area contributed by atoms with Crippen LogP contribution in [0.2, 0.25) is 0 Å². The van der Waals surface area contributed by atoms with Gasteiger partial charge in [-0.05, 0) is 0 Å². The zero-order valence-electron chi connectivity index (χ0n) is 9.38. The lowest BCUT2D eigenvalue weighted by Gasteiger charge is -2.30. The van der Waals surface area contributed by atoms with Crippen molar-refractivity contribution in [3.05, 3.63) is 0 Å². The molecule has 0 aromatic rings. The Balaban J connectivity index is 2.76. The second-order valence-corrected chi connectivity index (χ2v) is 3.56. The first kappa shape index (κ1) is 13.5. The standard InChI is InChI=1S/C10H11N3O5/c1-2-3-12(6-9(16)17)10(18)13-4-7(14)11-8(15)5-13/h1H,3-6H2,(H,16,17)(H,11,14,15). The van der Waals surface area contributed by atoms with Gasteiger partial charge in [-0.2, -0.15) is 0 Å². The summed E-state index contributed by atoms with van der Waals surface area (Å²) in [5, 5.41) is 10.7. The molecule has 0 aromatic carbocycles. The van der Waals surface area contributed by atoms with Crippen LogP contribution in [0.25, 0.3) is 0 Å². The molecule has 2 N–H and O–H groups in total. The molecule has 1 aliphatic rings. The highest BCUT2D eigenvalue weighted by atomic mass is 16.4. The molecule has 4 amide bonds. The predicted molar refractivity (Wildman–Crippen MR) is 58.2 cm³/mol. The topological polar surface area (TPSA) is 107 Å². The van der Waals surface area contributed by atoms with E-state index in [1.165, 1.54) is 0 Å². The van der Waals surface area contributed by atoms with Crippen LogP contribution in [-0.4, -0.2) is 64.9 Å². The number of hydrogen-bond donors (Lipinski definition) is 2. The zero-order chi connectivity index (χ0) is 13.7. The van der Waals surface area contributed by atoms with Crippen molar-refractivity contribution in [2.45, 2.75) is 0 Å². The number of aliphatic carboxylic acids is 1. The lowest BCUT2D eigenvalue weighted by Crippen LogP contribution is -2.57. The number of carbonyl (C=O) groups excluding carboxylic acids is 3. The third-order valence-corrected chi connectivity index (χ3v) is 2.10. The van der Waals surface area contributed by atoms with Crippen LogP contribution < -0.4 is 5.32 Å². The van der Waals surface area contributed by atoms with Gasteiger partial charge in [0.2, 0.25) is 11.8 Å². The number of nitrogens with zero attached hydrogens (tertiary/aromatic N) is 2. The van der Waals surface area contributed by atoms with Gasteiger partial charge in [0.1, 0.15) is 19.6 Å². The van der Waals surface area contributed by atoms with Gasteiger partial charge in [0.05, 0.1) is 6.54 Å². The van der Waals surface area contributed by atoms with Gasteiger partial charge in [-0.25, -0.2) is 4.79 Å². The van der Waals surface area contributed by atoms with E-state index in [0.717, 1.165) is 9.80 Å². The lowest BCUT2D eigenvalue weighted by molar-refractivity contribution is -0.137. The minimum absolute atomic E-state index is 0.211. The van der Waals surface area contributed by atoms with Gasteiger partial charge in [-0.15, -0.1) is 6.42 Å². The molecule has 1 fully saturated rings. The van der Waals surface area contributed by atoms with Crippen molar-refractivity contribution < 1.29 is 24.3 Å². The molecule has 0 bridgehead atoms. The lowest BCUT2D eigenvalue weighted by atomic mass is 10.3.